The van der Waals surface area contributed by atoms with Crippen molar-refractivity contribution in [2.24, 2.45) is 11.8 Å². The number of carbonyl (C=O) groups excluding carboxylic acids is 1. The molecule has 2 aliphatic rings. The Morgan fingerprint density at radius 2 is 2.07 bits per heavy atom. The van der Waals surface area contributed by atoms with Gasteiger partial charge in [0.05, 0.1) is 12.1 Å². The third-order valence-electron chi connectivity index (χ3n) is 3.07. The monoisotopic (exact) mass is 197 g/mol. The van der Waals surface area contributed by atoms with E-state index in [0.29, 0.717) is 6.10 Å². The Bertz CT molecular complexity index is 223. The van der Waals surface area contributed by atoms with Crippen molar-refractivity contribution in [3.05, 3.63) is 0 Å². The molecule has 0 aromatic carbocycles. The molecule has 0 radical (unpaired) electrons. The first-order valence-electron chi connectivity index (χ1n) is 5.60. The van der Waals surface area contributed by atoms with Gasteiger partial charge in [-0.25, -0.2) is 0 Å². The number of rotatable bonds is 3. The second-order valence-corrected chi connectivity index (χ2v) is 4.73. The molecule has 1 N–H and O–H groups in total. The molecule has 2 fully saturated rings. The average molecular weight is 197 g/mol. The molecular formula is C11H19NO2. The quantitative estimate of drug-likeness (QED) is 0.741. The lowest BCUT2D eigenvalue weighted by atomic mass is 10.1. The topological polar surface area (TPSA) is 38.3 Å². The Labute approximate surface area is 85.2 Å². The predicted molar refractivity (Wildman–Crippen MR) is 53.8 cm³/mol. The first-order valence-corrected chi connectivity index (χ1v) is 5.60. The zero-order valence-corrected chi connectivity index (χ0v) is 8.95. The van der Waals surface area contributed by atoms with E-state index in [4.69, 9.17) is 4.74 Å². The highest BCUT2D eigenvalue weighted by molar-refractivity contribution is 5.78. The Balaban J connectivity index is 1.86. The summed E-state index contributed by atoms with van der Waals surface area (Å²) in [5.74, 6) is 0.955. The minimum absolute atomic E-state index is 0.0791. The Hall–Kier alpha value is -0.570. The van der Waals surface area contributed by atoms with Crippen LogP contribution in [0.1, 0.15) is 33.1 Å². The molecule has 3 nitrogen and oxygen atoms in total. The first-order chi connectivity index (χ1) is 6.68. The highest BCUT2D eigenvalue weighted by Gasteiger charge is 2.41. The van der Waals surface area contributed by atoms with Crippen LogP contribution in [-0.2, 0) is 9.53 Å². The van der Waals surface area contributed by atoms with Gasteiger partial charge in [-0.15, -0.1) is 0 Å². The normalized spacial score (nSPS) is 32.2. The van der Waals surface area contributed by atoms with Crippen LogP contribution < -0.4 is 5.32 Å². The highest BCUT2D eigenvalue weighted by atomic mass is 16.5. The molecule has 1 saturated heterocycles. The number of carbonyl (C=O) groups is 1. The molecular weight excluding hydrogens is 178 g/mol. The van der Waals surface area contributed by atoms with Crippen molar-refractivity contribution in [3.63, 3.8) is 0 Å². The van der Waals surface area contributed by atoms with Gasteiger partial charge >= 0.3 is 0 Å². The summed E-state index contributed by atoms with van der Waals surface area (Å²) in [6.45, 7) is 4.67. The molecule has 3 heteroatoms. The SMILES string of the molecule is CC(C)C(=O)NC1CCOC1C1CC1. The van der Waals surface area contributed by atoms with Gasteiger partial charge in [0.2, 0.25) is 5.91 Å². The number of hydrogen-bond acceptors (Lipinski definition) is 2. The molecule has 2 rings (SSSR count). The van der Waals surface area contributed by atoms with E-state index < -0.39 is 0 Å². The molecule has 1 aliphatic carbocycles. The van der Waals surface area contributed by atoms with Crippen molar-refractivity contribution in [3.8, 4) is 0 Å². The molecule has 2 atom stereocenters. The van der Waals surface area contributed by atoms with Gasteiger partial charge in [-0.2, -0.15) is 0 Å². The number of ether oxygens (including phenoxy) is 1. The minimum atomic E-state index is 0.0791. The standard InChI is InChI=1S/C11H19NO2/c1-7(2)11(13)12-9-5-6-14-10(9)8-3-4-8/h7-10H,3-6H2,1-2H3,(H,12,13). The fourth-order valence-electron chi connectivity index (χ4n) is 2.00. The molecule has 0 aromatic rings. The maximum atomic E-state index is 11.5. The van der Waals surface area contributed by atoms with E-state index in [2.05, 4.69) is 5.32 Å². The summed E-state index contributed by atoms with van der Waals surface area (Å²) < 4.78 is 5.66. The first kappa shape index (κ1) is 9.97. The molecule has 0 spiro atoms. The lowest BCUT2D eigenvalue weighted by Crippen LogP contribution is -2.43. The summed E-state index contributed by atoms with van der Waals surface area (Å²) in [7, 11) is 0. The molecule has 80 valence electrons. The van der Waals surface area contributed by atoms with Crippen LogP contribution >= 0.6 is 0 Å². The zero-order chi connectivity index (χ0) is 10.1. The van der Waals surface area contributed by atoms with Crippen LogP contribution in [0.15, 0.2) is 0 Å². The van der Waals surface area contributed by atoms with Gasteiger partial charge in [-0.1, -0.05) is 13.8 Å². The maximum absolute atomic E-state index is 11.5. The van der Waals surface area contributed by atoms with Crippen LogP contribution in [0.2, 0.25) is 0 Å². The number of hydrogen-bond donors (Lipinski definition) is 1. The van der Waals surface area contributed by atoms with E-state index in [9.17, 15) is 4.79 Å². The lowest BCUT2D eigenvalue weighted by molar-refractivity contribution is -0.125. The van der Waals surface area contributed by atoms with Crippen LogP contribution in [0.25, 0.3) is 0 Å². The van der Waals surface area contributed by atoms with Crippen LogP contribution in [-0.4, -0.2) is 24.7 Å². The zero-order valence-electron chi connectivity index (χ0n) is 8.95. The van der Waals surface area contributed by atoms with Gasteiger partial charge < -0.3 is 10.1 Å². The van der Waals surface area contributed by atoms with E-state index >= 15 is 0 Å². The molecule has 0 bridgehead atoms. The van der Waals surface area contributed by atoms with Crippen molar-refractivity contribution in [2.75, 3.05) is 6.61 Å². The van der Waals surface area contributed by atoms with Gasteiger partial charge in [0, 0.05) is 12.5 Å². The van der Waals surface area contributed by atoms with Crippen LogP contribution in [0, 0.1) is 11.8 Å². The third kappa shape index (κ3) is 2.08. The van der Waals surface area contributed by atoms with Gasteiger partial charge in [0.15, 0.2) is 0 Å². The van der Waals surface area contributed by atoms with Gasteiger partial charge in [0.25, 0.3) is 0 Å². The number of nitrogens with one attached hydrogen (secondary N) is 1. The molecule has 1 saturated carbocycles. The molecule has 1 aliphatic heterocycles. The lowest BCUT2D eigenvalue weighted by Gasteiger charge is -2.20. The van der Waals surface area contributed by atoms with Crippen LogP contribution in [0.4, 0.5) is 0 Å². The van der Waals surface area contributed by atoms with Gasteiger partial charge in [-0.05, 0) is 25.2 Å². The largest absolute Gasteiger partial charge is 0.376 e. The van der Waals surface area contributed by atoms with Crippen LogP contribution in [0.5, 0.6) is 0 Å². The smallest absolute Gasteiger partial charge is 0.222 e. The molecule has 1 amide bonds. The summed E-state index contributed by atoms with van der Waals surface area (Å²) in [6, 6.07) is 0.275. The fourth-order valence-corrected chi connectivity index (χ4v) is 2.00. The van der Waals surface area contributed by atoms with Crippen molar-refractivity contribution in [1.29, 1.82) is 0 Å². The predicted octanol–water partition coefficient (Wildman–Crippen LogP) is 1.33. The Morgan fingerprint density at radius 3 is 2.64 bits per heavy atom. The molecule has 1 heterocycles. The maximum Gasteiger partial charge on any atom is 0.222 e. The van der Waals surface area contributed by atoms with E-state index in [-0.39, 0.29) is 17.9 Å². The van der Waals surface area contributed by atoms with Crippen molar-refractivity contribution in [1.82, 2.24) is 5.32 Å². The summed E-state index contributed by atoms with van der Waals surface area (Å²) in [6.07, 6.45) is 3.84. The van der Waals surface area contributed by atoms with Gasteiger partial charge in [0.1, 0.15) is 0 Å². The fraction of sp³-hybridized carbons (Fsp3) is 0.909. The van der Waals surface area contributed by atoms with E-state index in [1.165, 1.54) is 12.8 Å². The molecule has 14 heavy (non-hydrogen) atoms. The summed E-state index contributed by atoms with van der Waals surface area (Å²) in [5.41, 5.74) is 0. The highest BCUT2D eigenvalue weighted by Crippen LogP contribution is 2.38. The molecule has 0 aromatic heterocycles. The second-order valence-electron chi connectivity index (χ2n) is 4.73. The van der Waals surface area contributed by atoms with Crippen LogP contribution in [0.3, 0.4) is 0 Å². The summed E-state index contributed by atoms with van der Waals surface area (Å²) >= 11 is 0. The van der Waals surface area contributed by atoms with E-state index in [1.807, 2.05) is 13.8 Å². The van der Waals surface area contributed by atoms with E-state index in [0.717, 1.165) is 18.9 Å². The van der Waals surface area contributed by atoms with Crippen molar-refractivity contribution >= 4 is 5.91 Å². The summed E-state index contributed by atoms with van der Waals surface area (Å²) in [4.78, 5) is 11.5. The average Bonchev–Trinajstić information content (AvgIpc) is 2.88. The third-order valence-corrected chi connectivity index (χ3v) is 3.07. The number of amides is 1. The Kier molecular flexibility index (Phi) is 2.77. The van der Waals surface area contributed by atoms with Crippen molar-refractivity contribution < 1.29 is 9.53 Å². The van der Waals surface area contributed by atoms with Crippen molar-refractivity contribution in [2.45, 2.75) is 45.3 Å². The Morgan fingerprint density at radius 1 is 1.36 bits per heavy atom. The minimum Gasteiger partial charge on any atom is -0.376 e. The van der Waals surface area contributed by atoms with Gasteiger partial charge in [-0.3, -0.25) is 4.79 Å². The summed E-state index contributed by atoms with van der Waals surface area (Å²) in [5, 5.41) is 3.09. The molecule has 2 unspecified atom stereocenters. The second kappa shape index (κ2) is 3.89. The van der Waals surface area contributed by atoms with E-state index in [1.54, 1.807) is 0 Å².